The van der Waals surface area contributed by atoms with Crippen LogP contribution in [0.25, 0.3) is 0 Å². The van der Waals surface area contributed by atoms with Crippen LogP contribution in [0.1, 0.15) is 433 Å². The van der Waals surface area contributed by atoms with Crippen LogP contribution in [0, 0.1) is 11.8 Å². The zero-order valence-electron chi connectivity index (χ0n) is 66.2. The number of phosphoric acid groups is 2. The van der Waals surface area contributed by atoms with Gasteiger partial charge < -0.3 is 33.8 Å². The van der Waals surface area contributed by atoms with Gasteiger partial charge in [0.2, 0.25) is 0 Å². The number of carbonyl (C=O) groups excluding carboxylic acids is 4. The highest BCUT2D eigenvalue weighted by atomic mass is 31.2. The van der Waals surface area contributed by atoms with E-state index in [0.717, 1.165) is 102 Å². The molecule has 0 aliphatic rings. The number of phosphoric ester groups is 2. The zero-order valence-corrected chi connectivity index (χ0v) is 68.0. The van der Waals surface area contributed by atoms with Gasteiger partial charge in [0.25, 0.3) is 0 Å². The average molecular weight is 1480 g/mol. The van der Waals surface area contributed by atoms with Crippen molar-refractivity contribution in [3.8, 4) is 0 Å². The molecular formula is C82H160O17P2. The van der Waals surface area contributed by atoms with Gasteiger partial charge in [0.1, 0.15) is 19.3 Å². The summed E-state index contributed by atoms with van der Waals surface area (Å²) in [6.07, 6.45) is 63.8. The minimum Gasteiger partial charge on any atom is -0.462 e. The van der Waals surface area contributed by atoms with Crippen molar-refractivity contribution in [1.29, 1.82) is 0 Å². The van der Waals surface area contributed by atoms with Gasteiger partial charge in [-0.25, -0.2) is 9.13 Å². The number of unbranched alkanes of at least 4 members (excludes halogenated alkanes) is 51. The Morgan fingerprint density at radius 2 is 0.455 bits per heavy atom. The van der Waals surface area contributed by atoms with Crippen LogP contribution in [0.4, 0.5) is 0 Å². The van der Waals surface area contributed by atoms with Crippen molar-refractivity contribution in [3.63, 3.8) is 0 Å². The maximum atomic E-state index is 13.1. The largest absolute Gasteiger partial charge is 0.472 e. The molecule has 0 rings (SSSR count). The first-order valence-corrected chi connectivity index (χ1v) is 45.5. The molecule has 0 saturated carbocycles. The highest BCUT2D eigenvalue weighted by Crippen LogP contribution is 2.45. The smallest absolute Gasteiger partial charge is 0.462 e. The number of esters is 4. The van der Waals surface area contributed by atoms with E-state index in [1.807, 2.05) is 0 Å². The third-order valence-electron chi connectivity index (χ3n) is 19.2. The van der Waals surface area contributed by atoms with Gasteiger partial charge in [-0.2, -0.15) is 0 Å². The summed E-state index contributed by atoms with van der Waals surface area (Å²) in [4.78, 5) is 73.0. The summed E-state index contributed by atoms with van der Waals surface area (Å²) in [6, 6.07) is 0. The number of aliphatic hydroxyl groups is 1. The SMILES string of the molecule is CCCCCCCCCCCCCCCCCCC(=O)O[C@H](COC(=O)CCCCCCCCCCC)COP(=O)(O)OC[C@H](O)COP(=O)(O)OC[C@@H](COC(=O)CCCCCCCCCCCCCCCCCC(C)C)OC(=O)CCCCCCCCCCCCCCCCCC(C)C. The van der Waals surface area contributed by atoms with E-state index in [-0.39, 0.29) is 25.7 Å². The Labute approximate surface area is 619 Å². The van der Waals surface area contributed by atoms with Crippen molar-refractivity contribution in [2.75, 3.05) is 39.6 Å². The molecule has 0 aliphatic heterocycles. The van der Waals surface area contributed by atoms with Crippen molar-refractivity contribution < 1.29 is 80.2 Å². The van der Waals surface area contributed by atoms with Gasteiger partial charge >= 0.3 is 39.5 Å². The minimum atomic E-state index is -4.96. The van der Waals surface area contributed by atoms with Crippen molar-refractivity contribution in [3.05, 3.63) is 0 Å². The predicted molar refractivity (Wildman–Crippen MR) is 414 cm³/mol. The molecule has 17 nitrogen and oxygen atoms in total. The summed E-state index contributed by atoms with van der Waals surface area (Å²) in [6.45, 7) is 9.69. The Morgan fingerprint density at radius 3 is 0.673 bits per heavy atom. The van der Waals surface area contributed by atoms with Gasteiger partial charge in [0.15, 0.2) is 12.2 Å². The predicted octanol–water partition coefficient (Wildman–Crippen LogP) is 24.7. The van der Waals surface area contributed by atoms with Gasteiger partial charge in [-0.05, 0) is 37.5 Å². The fraction of sp³-hybridized carbons (Fsp3) is 0.951. The van der Waals surface area contributed by atoms with Crippen molar-refractivity contribution >= 4 is 39.5 Å². The van der Waals surface area contributed by atoms with E-state index >= 15 is 0 Å². The van der Waals surface area contributed by atoms with Gasteiger partial charge in [0, 0.05) is 25.7 Å². The van der Waals surface area contributed by atoms with Crippen LogP contribution in [0.3, 0.4) is 0 Å². The molecular weight excluding hydrogens is 1320 g/mol. The Bertz CT molecular complexity index is 1940. The number of carbonyl (C=O) groups is 4. The molecule has 0 bridgehead atoms. The van der Waals surface area contributed by atoms with Crippen LogP contribution in [0.15, 0.2) is 0 Å². The Morgan fingerprint density at radius 1 is 0.267 bits per heavy atom. The molecule has 3 N–H and O–H groups in total. The van der Waals surface area contributed by atoms with Crippen LogP contribution in [0.2, 0.25) is 0 Å². The number of rotatable bonds is 81. The van der Waals surface area contributed by atoms with Gasteiger partial charge in [0.05, 0.1) is 26.4 Å². The quantitative estimate of drug-likeness (QED) is 0.0222. The Hall–Kier alpha value is -1.94. The van der Waals surface area contributed by atoms with Gasteiger partial charge in [-0.1, -0.05) is 382 Å². The van der Waals surface area contributed by atoms with Crippen molar-refractivity contribution in [2.24, 2.45) is 11.8 Å². The lowest BCUT2D eigenvalue weighted by Gasteiger charge is -2.21. The summed E-state index contributed by atoms with van der Waals surface area (Å²) in [5.41, 5.74) is 0. The molecule has 0 amide bonds. The molecule has 0 heterocycles. The van der Waals surface area contributed by atoms with E-state index in [2.05, 4.69) is 41.5 Å². The van der Waals surface area contributed by atoms with Crippen LogP contribution < -0.4 is 0 Å². The van der Waals surface area contributed by atoms with E-state index in [1.54, 1.807) is 0 Å². The summed E-state index contributed by atoms with van der Waals surface area (Å²) in [5, 5.41) is 10.6. The molecule has 101 heavy (non-hydrogen) atoms. The molecule has 0 spiro atoms. The molecule has 0 aromatic heterocycles. The number of hydrogen-bond acceptors (Lipinski definition) is 15. The normalized spacial score (nSPS) is 13.9. The molecule has 0 aromatic rings. The Kier molecular flexibility index (Phi) is 72.2. The second-order valence-electron chi connectivity index (χ2n) is 30.5. The van der Waals surface area contributed by atoms with Gasteiger partial charge in [-0.3, -0.25) is 37.3 Å². The fourth-order valence-corrected chi connectivity index (χ4v) is 14.3. The number of ether oxygens (including phenoxy) is 4. The van der Waals surface area contributed by atoms with Crippen LogP contribution in [-0.4, -0.2) is 96.7 Å². The highest BCUT2D eigenvalue weighted by molar-refractivity contribution is 7.47. The summed E-state index contributed by atoms with van der Waals surface area (Å²) in [5.74, 6) is -0.498. The molecule has 0 fully saturated rings. The first-order valence-electron chi connectivity index (χ1n) is 42.5. The molecule has 19 heteroatoms. The minimum absolute atomic E-state index is 0.108. The third kappa shape index (κ3) is 76.1. The lowest BCUT2D eigenvalue weighted by molar-refractivity contribution is -0.161. The first kappa shape index (κ1) is 99.1. The van der Waals surface area contributed by atoms with Crippen LogP contribution in [-0.2, 0) is 65.4 Å². The summed E-state index contributed by atoms with van der Waals surface area (Å²) < 4.78 is 68.7. The van der Waals surface area contributed by atoms with Crippen molar-refractivity contribution in [1.82, 2.24) is 0 Å². The average Bonchev–Trinajstić information content (AvgIpc) is 0.948. The summed E-state index contributed by atoms with van der Waals surface area (Å²) >= 11 is 0. The van der Waals surface area contributed by atoms with E-state index in [1.165, 1.54) is 250 Å². The summed E-state index contributed by atoms with van der Waals surface area (Å²) in [7, 11) is -9.92. The van der Waals surface area contributed by atoms with Crippen LogP contribution in [0.5, 0.6) is 0 Å². The number of hydrogen-bond donors (Lipinski definition) is 3. The third-order valence-corrected chi connectivity index (χ3v) is 21.1. The van der Waals surface area contributed by atoms with Gasteiger partial charge in [-0.15, -0.1) is 0 Å². The number of aliphatic hydroxyl groups excluding tert-OH is 1. The standard InChI is InChI=1S/C82H160O17P2/c1-7-9-11-13-15-17-18-19-20-25-31-36-42-48-54-60-66-81(86)98-77(70-92-79(84)64-58-52-46-38-16-14-12-10-8-2)72-96-100(88,89)94-68-76(83)69-95-101(90,91)97-73-78(99-82(87)67-61-55-49-43-37-32-27-22-24-29-34-40-45-51-57-63-75(5)6)71-93-80(85)65-59-53-47-41-35-30-26-21-23-28-33-39-44-50-56-62-74(3)4/h74-78,83H,7-73H2,1-6H3,(H,88,89)(H,90,91)/t76-,77+,78+/m0/s1. The lowest BCUT2D eigenvalue weighted by atomic mass is 10.0. The molecule has 0 aromatic carbocycles. The fourth-order valence-electron chi connectivity index (χ4n) is 12.7. The first-order chi connectivity index (χ1) is 48.9. The highest BCUT2D eigenvalue weighted by Gasteiger charge is 2.30. The van der Waals surface area contributed by atoms with E-state index < -0.39 is 97.5 Å². The Balaban J connectivity index is 5.22. The zero-order chi connectivity index (χ0) is 74.2. The lowest BCUT2D eigenvalue weighted by Crippen LogP contribution is -2.30. The van der Waals surface area contributed by atoms with E-state index in [4.69, 9.17) is 37.0 Å². The molecule has 5 atom stereocenters. The van der Waals surface area contributed by atoms with Crippen molar-refractivity contribution in [2.45, 2.75) is 452 Å². The monoisotopic (exact) mass is 1480 g/mol. The molecule has 600 valence electrons. The maximum Gasteiger partial charge on any atom is 0.472 e. The molecule has 0 radical (unpaired) electrons. The molecule has 0 saturated heterocycles. The van der Waals surface area contributed by atoms with E-state index in [0.29, 0.717) is 25.7 Å². The topological polar surface area (TPSA) is 237 Å². The van der Waals surface area contributed by atoms with E-state index in [9.17, 15) is 43.2 Å². The molecule has 0 aliphatic carbocycles. The molecule has 2 unspecified atom stereocenters. The maximum absolute atomic E-state index is 13.1. The second kappa shape index (κ2) is 73.6. The second-order valence-corrected chi connectivity index (χ2v) is 33.4. The van der Waals surface area contributed by atoms with Crippen LogP contribution >= 0.6 is 15.6 Å².